The van der Waals surface area contributed by atoms with Gasteiger partial charge in [0.1, 0.15) is 18.1 Å². The maximum absolute atomic E-state index is 13.5. The molecule has 0 aromatic heterocycles. The number of amidine groups is 1. The van der Waals surface area contributed by atoms with Crippen molar-refractivity contribution < 1.29 is 36.9 Å². The number of likely N-dealkylation sites (tertiary alicyclic amines) is 1. The molecule has 0 radical (unpaired) electrons. The summed E-state index contributed by atoms with van der Waals surface area (Å²) < 4.78 is 60.7. The van der Waals surface area contributed by atoms with E-state index in [1.807, 2.05) is 0 Å². The highest BCUT2D eigenvalue weighted by Gasteiger charge is 2.33. The number of methoxy groups -OCH3 is 2. The maximum Gasteiger partial charge on any atom is 0.417 e. The lowest BCUT2D eigenvalue weighted by atomic mass is 9.99. The summed E-state index contributed by atoms with van der Waals surface area (Å²) in [6.07, 6.45) is -2.24. The van der Waals surface area contributed by atoms with Crippen molar-refractivity contribution in [2.24, 2.45) is 10.7 Å². The summed E-state index contributed by atoms with van der Waals surface area (Å²) in [5, 5.41) is 3.21. The van der Waals surface area contributed by atoms with Crippen molar-refractivity contribution in [3.8, 4) is 0 Å². The third-order valence-electron chi connectivity index (χ3n) is 7.00. The van der Waals surface area contributed by atoms with E-state index in [9.17, 15) is 18.0 Å². The molecule has 1 amide bonds. The van der Waals surface area contributed by atoms with Crippen molar-refractivity contribution in [1.29, 1.82) is 0 Å². The normalized spacial score (nSPS) is 21.6. The van der Waals surface area contributed by atoms with Crippen LogP contribution in [0, 0.1) is 0 Å². The Hall–Kier alpha value is -2.80. The minimum Gasteiger partial charge on any atom is -0.489 e. The summed E-state index contributed by atoms with van der Waals surface area (Å²) in [5.74, 6) is -0.257. The Kier molecular flexibility index (Phi) is 11.3. The Labute approximate surface area is 237 Å². The molecule has 0 aliphatic carbocycles. The number of rotatable bonds is 9. The molecule has 2 saturated heterocycles. The molecule has 2 aliphatic rings. The van der Waals surface area contributed by atoms with Gasteiger partial charge in [-0.1, -0.05) is 24.2 Å². The van der Waals surface area contributed by atoms with Crippen LogP contribution in [0.15, 0.2) is 46.8 Å². The number of amides is 1. The molecule has 1 aromatic carbocycles. The molecule has 3 rings (SSSR count). The number of carbonyl (C=O) groups excluding carboxylic acids is 1. The molecule has 3 N–H and O–H groups in total. The van der Waals surface area contributed by atoms with Gasteiger partial charge in [0, 0.05) is 44.5 Å². The zero-order valence-electron chi connectivity index (χ0n) is 22.9. The van der Waals surface area contributed by atoms with Gasteiger partial charge in [-0.05, 0) is 43.9 Å². The molecule has 9 nitrogen and oxygen atoms in total. The van der Waals surface area contributed by atoms with Crippen molar-refractivity contribution in [1.82, 2.24) is 10.2 Å². The van der Waals surface area contributed by atoms with Crippen LogP contribution in [0.5, 0.6) is 0 Å². The SMILES string of the molecule is C=C(OCc1ccc(C(F)(F)F)c(Cl)c1)/C(C)=C(\N=C(/N)OC)C(=O)N1CCC(N[C@@H]2CCOC[C@@H]2OC)CC1. The number of carbonyl (C=O) groups is 1. The van der Waals surface area contributed by atoms with Gasteiger partial charge < -0.3 is 34.9 Å². The summed E-state index contributed by atoms with van der Waals surface area (Å²) >= 11 is 5.80. The Morgan fingerprint density at radius 2 is 1.98 bits per heavy atom. The monoisotopic (exact) mass is 588 g/mol. The molecule has 0 spiro atoms. The first-order chi connectivity index (χ1) is 18.9. The van der Waals surface area contributed by atoms with Gasteiger partial charge in [0.25, 0.3) is 11.9 Å². The number of nitrogens with two attached hydrogens (primary N) is 1. The van der Waals surface area contributed by atoms with E-state index >= 15 is 0 Å². The Morgan fingerprint density at radius 3 is 2.58 bits per heavy atom. The average Bonchev–Trinajstić information content (AvgIpc) is 2.93. The zero-order chi connectivity index (χ0) is 29.4. The van der Waals surface area contributed by atoms with Crippen LogP contribution < -0.4 is 11.1 Å². The van der Waals surface area contributed by atoms with Crippen LogP contribution in [0.2, 0.25) is 5.02 Å². The van der Waals surface area contributed by atoms with Crippen LogP contribution in [0.1, 0.15) is 37.3 Å². The second-order valence-electron chi connectivity index (χ2n) is 9.63. The van der Waals surface area contributed by atoms with E-state index in [-0.39, 0.29) is 48.2 Å². The third-order valence-corrected chi connectivity index (χ3v) is 7.31. The van der Waals surface area contributed by atoms with Crippen LogP contribution in [-0.2, 0) is 36.5 Å². The van der Waals surface area contributed by atoms with Crippen molar-refractivity contribution in [3.05, 3.63) is 58.0 Å². The highest BCUT2D eigenvalue weighted by molar-refractivity contribution is 6.31. The molecule has 40 heavy (non-hydrogen) atoms. The molecule has 0 bridgehead atoms. The predicted molar refractivity (Wildman–Crippen MR) is 144 cm³/mol. The van der Waals surface area contributed by atoms with Crippen molar-refractivity contribution in [3.63, 3.8) is 0 Å². The number of halogens is 4. The molecule has 2 aliphatic heterocycles. The van der Waals surface area contributed by atoms with Gasteiger partial charge in [-0.15, -0.1) is 0 Å². The lowest BCUT2D eigenvalue weighted by molar-refractivity contribution is -0.137. The first-order valence-corrected chi connectivity index (χ1v) is 13.2. The highest BCUT2D eigenvalue weighted by Crippen LogP contribution is 2.35. The van der Waals surface area contributed by atoms with Crippen molar-refractivity contribution in [2.45, 2.75) is 57.2 Å². The van der Waals surface area contributed by atoms with Crippen molar-refractivity contribution in [2.75, 3.05) is 40.5 Å². The number of allylic oxidation sites excluding steroid dienone is 1. The summed E-state index contributed by atoms with van der Waals surface area (Å²) in [7, 11) is 3.00. The first kappa shape index (κ1) is 31.7. The van der Waals surface area contributed by atoms with E-state index in [4.69, 9.17) is 36.3 Å². The maximum atomic E-state index is 13.5. The van der Waals surface area contributed by atoms with Gasteiger partial charge in [-0.2, -0.15) is 18.2 Å². The molecule has 2 atom stereocenters. The molecule has 2 fully saturated rings. The first-order valence-electron chi connectivity index (χ1n) is 12.9. The molecule has 1 aromatic rings. The molecular formula is C27H36ClF3N4O5. The predicted octanol–water partition coefficient (Wildman–Crippen LogP) is 4.01. The number of alkyl halides is 3. The van der Waals surface area contributed by atoms with Crippen LogP contribution in [0.4, 0.5) is 13.2 Å². The van der Waals surface area contributed by atoms with E-state index in [2.05, 4.69) is 16.9 Å². The standard InChI is InChI=1S/C27H36ClF3N4O5/c1-16(17(2)40-14-18-5-6-20(21(28)13-18)27(29,30)31)24(34-26(32)38-4)25(36)35-10-7-19(8-11-35)33-22-9-12-39-15-23(22)37-3/h5-6,13,19,22-23,33H,2,7-12,14-15H2,1,3-4H3,(H2,32,34)/b24-16-/t22-,23+/m1/s1. The number of benzene rings is 1. The lowest BCUT2D eigenvalue weighted by Crippen LogP contribution is -2.54. The van der Waals surface area contributed by atoms with Crippen LogP contribution in [0.25, 0.3) is 0 Å². The molecule has 13 heteroatoms. The van der Waals surface area contributed by atoms with E-state index in [1.165, 1.54) is 19.2 Å². The second kappa shape index (κ2) is 14.2. The fourth-order valence-corrected chi connectivity index (χ4v) is 4.88. The topological polar surface area (TPSA) is 108 Å². The number of piperidine rings is 1. The number of nitrogens with one attached hydrogen (secondary N) is 1. The zero-order valence-corrected chi connectivity index (χ0v) is 23.6. The number of nitrogens with zero attached hydrogens (tertiary/aromatic N) is 2. The van der Waals surface area contributed by atoms with Crippen LogP contribution in [-0.4, -0.2) is 75.5 Å². The number of hydrogen-bond donors (Lipinski definition) is 2. The van der Waals surface area contributed by atoms with Gasteiger partial charge in [-0.3, -0.25) is 4.79 Å². The summed E-state index contributed by atoms with van der Waals surface area (Å²) in [6.45, 7) is 7.58. The molecular weight excluding hydrogens is 553 g/mol. The number of hydrogen-bond acceptors (Lipinski definition) is 7. The third kappa shape index (κ3) is 8.35. The Morgan fingerprint density at radius 1 is 1.27 bits per heavy atom. The summed E-state index contributed by atoms with van der Waals surface area (Å²) in [4.78, 5) is 19.4. The molecule has 2 heterocycles. The van der Waals surface area contributed by atoms with E-state index < -0.39 is 16.8 Å². The minimum atomic E-state index is -4.56. The van der Waals surface area contributed by atoms with E-state index in [0.29, 0.717) is 37.4 Å². The molecule has 0 saturated carbocycles. The molecule has 222 valence electrons. The summed E-state index contributed by atoms with van der Waals surface area (Å²) in [5.41, 5.74) is 5.56. The van der Waals surface area contributed by atoms with E-state index in [0.717, 1.165) is 25.3 Å². The minimum absolute atomic E-state index is 0.00471. The van der Waals surface area contributed by atoms with Crippen LogP contribution >= 0.6 is 11.6 Å². The Bertz CT molecular complexity index is 1120. The Balaban J connectivity index is 1.67. The number of ether oxygens (including phenoxy) is 4. The summed E-state index contributed by atoms with van der Waals surface area (Å²) in [6, 6.07) is 3.53. The average molecular weight is 589 g/mol. The van der Waals surface area contributed by atoms with Gasteiger partial charge in [-0.25, -0.2) is 0 Å². The van der Waals surface area contributed by atoms with Crippen LogP contribution in [0.3, 0.4) is 0 Å². The molecule has 0 unspecified atom stereocenters. The van der Waals surface area contributed by atoms with Gasteiger partial charge in [0.05, 0.1) is 30.4 Å². The number of aliphatic imine (C=N–C) groups is 1. The van der Waals surface area contributed by atoms with Gasteiger partial charge in [0.2, 0.25) is 0 Å². The van der Waals surface area contributed by atoms with Crippen molar-refractivity contribution >= 4 is 23.5 Å². The largest absolute Gasteiger partial charge is 0.489 e. The van der Waals surface area contributed by atoms with E-state index in [1.54, 1.807) is 18.9 Å². The van der Waals surface area contributed by atoms with Gasteiger partial charge >= 0.3 is 6.18 Å². The van der Waals surface area contributed by atoms with Gasteiger partial charge in [0.15, 0.2) is 0 Å². The lowest BCUT2D eigenvalue weighted by Gasteiger charge is -2.38. The fourth-order valence-electron chi connectivity index (χ4n) is 4.57. The second-order valence-corrected chi connectivity index (χ2v) is 10.0. The smallest absolute Gasteiger partial charge is 0.417 e. The fraction of sp³-hybridized carbons (Fsp3) is 0.556. The highest BCUT2D eigenvalue weighted by atomic mass is 35.5. The quantitative estimate of drug-likeness (QED) is 0.148.